The molecule has 0 saturated heterocycles. The molecule has 0 unspecified atom stereocenters. The predicted octanol–water partition coefficient (Wildman–Crippen LogP) is 6.62. The molecule has 0 saturated carbocycles. The van der Waals surface area contributed by atoms with Crippen LogP contribution in [0.5, 0.6) is 5.75 Å². The molecule has 142 valence electrons. The van der Waals surface area contributed by atoms with Crippen LogP contribution < -0.4 is 4.74 Å². The van der Waals surface area contributed by atoms with Gasteiger partial charge in [0.05, 0.1) is 0 Å². The topological polar surface area (TPSA) is 26.3 Å². The maximum absolute atomic E-state index is 12.5. The van der Waals surface area contributed by atoms with Crippen molar-refractivity contribution in [3.63, 3.8) is 0 Å². The van der Waals surface area contributed by atoms with Crippen molar-refractivity contribution in [2.24, 2.45) is 0 Å². The van der Waals surface area contributed by atoms with Crippen LogP contribution in [0.2, 0.25) is 0 Å². The lowest BCUT2D eigenvalue weighted by Gasteiger charge is -2.19. The van der Waals surface area contributed by atoms with Gasteiger partial charge >= 0.3 is 0 Å². The molecule has 2 nitrogen and oxygen atoms in total. The molecular weight excluding hydrogens is 380 g/mol. The second-order valence-corrected chi connectivity index (χ2v) is 7.02. The number of hydrogen-bond acceptors (Lipinski definition) is 2. The molecule has 0 spiro atoms. The van der Waals surface area contributed by atoms with Gasteiger partial charge in [-0.15, -0.1) is 12.4 Å². The minimum absolute atomic E-state index is 0. The number of halogens is 1. The number of carbonyl (C=O) groups excluding carboxylic acids is 1. The molecule has 0 bridgehead atoms. The van der Waals surface area contributed by atoms with E-state index >= 15 is 0 Å². The van der Waals surface area contributed by atoms with Gasteiger partial charge in [-0.05, 0) is 64.8 Å². The zero-order chi connectivity index (χ0) is 19.1. The Hall–Kier alpha value is -3.36. The Morgan fingerprint density at radius 3 is 2.55 bits per heavy atom. The van der Waals surface area contributed by atoms with Crippen molar-refractivity contribution in [2.45, 2.75) is 6.92 Å². The van der Waals surface area contributed by atoms with E-state index in [1.54, 1.807) is 6.08 Å². The van der Waals surface area contributed by atoms with E-state index in [0.717, 1.165) is 33.8 Å². The Morgan fingerprint density at radius 2 is 1.66 bits per heavy atom. The SMILES string of the molecule is CC(C=C1C(=O)C=Cc2ccccc21)=C1C=Cc2c(ccc3ccccc23)O1.Cl. The molecule has 29 heavy (non-hydrogen) atoms. The molecule has 1 aliphatic carbocycles. The van der Waals surface area contributed by atoms with Crippen molar-refractivity contribution in [2.75, 3.05) is 0 Å². The predicted molar refractivity (Wildman–Crippen MR) is 122 cm³/mol. The van der Waals surface area contributed by atoms with Gasteiger partial charge in [0.25, 0.3) is 0 Å². The Labute approximate surface area is 175 Å². The van der Waals surface area contributed by atoms with E-state index in [4.69, 9.17) is 4.74 Å². The monoisotopic (exact) mass is 398 g/mol. The highest BCUT2D eigenvalue weighted by atomic mass is 35.5. The third-order valence-corrected chi connectivity index (χ3v) is 5.23. The van der Waals surface area contributed by atoms with Crippen LogP contribution in [-0.2, 0) is 4.79 Å². The molecule has 0 amide bonds. The van der Waals surface area contributed by atoms with E-state index in [9.17, 15) is 4.79 Å². The number of benzene rings is 3. The van der Waals surface area contributed by atoms with Crippen LogP contribution in [0.4, 0.5) is 0 Å². The van der Waals surface area contributed by atoms with Crippen LogP contribution in [0.15, 0.2) is 90.2 Å². The number of ether oxygens (including phenoxy) is 1. The Balaban J connectivity index is 0.00000205. The van der Waals surface area contributed by atoms with E-state index in [0.29, 0.717) is 5.57 Å². The average Bonchev–Trinajstić information content (AvgIpc) is 2.75. The van der Waals surface area contributed by atoms with Crippen LogP contribution in [0, 0.1) is 0 Å². The number of allylic oxidation sites excluding steroid dienone is 5. The molecular formula is C26H19ClO2. The number of rotatable bonds is 1. The van der Waals surface area contributed by atoms with Crippen molar-refractivity contribution in [3.05, 3.63) is 107 Å². The summed E-state index contributed by atoms with van der Waals surface area (Å²) in [4.78, 5) is 12.5. The van der Waals surface area contributed by atoms with Crippen LogP contribution in [0.25, 0.3) is 28.5 Å². The summed E-state index contributed by atoms with van der Waals surface area (Å²) in [5.41, 5.74) is 4.72. The summed E-state index contributed by atoms with van der Waals surface area (Å²) in [7, 11) is 0. The van der Waals surface area contributed by atoms with Crippen molar-refractivity contribution in [1.82, 2.24) is 0 Å². The molecule has 1 heterocycles. The third-order valence-electron chi connectivity index (χ3n) is 5.23. The van der Waals surface area contributed by atoms with E-state index in [2.05, 4.69) is 24.3 Å². The maximum Gasteiger partial charge on any atom is 0.186 e. The summed E-state index contributed by atoms with van der Waals surface area (Å²) in [6.45, 7) is 1.98. The first-order chi connectivity index (χ1) is 13.7. The van der Waals surface area contributed by atoms with Crippen LogP contribution in [0.1, 0.15) is 23.6 Å². The van der Waals surface area contributed by atoms with Gasteiger partial charge in [-0.3, -0.25) is 4.79 Å². The fourth-order valence-electron chi connectivity index (χ4n) is 3.77. The lowest BCUT2D eigenvalue weighted by molar-refractivity contribution is -0.109. The first-order valence-electron chi connectivity index (χ1n) is 9.33. The highest BCUT2D eigenvalue weighted by molar-refractivity contribution is 6.30. The van der Waals surface area contributed by atoms with Gasteiger partial charge in [0.2, 0.25) is 0 Å². The molecule has 0 aromatic heterocycles. The van der Waals surface area contributed by atoms with Crippen molar-refractivity contribution in [1.29, 1.82) is 0 Å². The number of fused-ring (bicyclic) bond motifs is 4. The standard InChI is InChI=1S/C26H18O2.ClH/c1-17(16-23-21-9-5-3-6-18(21)10-13-24(23)27)25-15-12-22-20-8-4-2-7-19(20)11-14-26(22)28-25;/h2-16H,1H3;1H. The normalized spacial score (nSPS) is 17.4. The highest BCUT2D eigenvalue weighted by Crippen LogP contribution is 2.35. The second-order valence-electron chi connectivity index (χ2n) is 7.02. The zero-order valence-electron chi connectivity index (χ0n) is 15.9. The molecule has 2 aliphatic rings. The van der Waals surface area contributed by atoms with Crippen molar-refractivity contribution >= 4 is 46.7 Å². The van der Waals surface area contributed by atoms with Gasteiger partial charge in [0, 0.05) is 11.1 Å². The lowest BCUT2D eigenvalue weighted by Crippen LogP contribution is -2.06. The molecule has 3 heteroatoms. The summed E-state index contributed by atoms with van der Waals surface area (Å²) in [6.07, 6.45) is 9.50. The average molecular weight is 399 g/mol. The molecule has 5 rings (SSSR count). The van der Waals surface area contributed by atoms with Gasteiger partial charge in [-0.1, -0.05) is 60.7 Å². The number of carbonyl (C=O) groups is 1. The first-order valence-corrected chi connectivity index (χ1v) is 9.33. The molecule has 0 fully saturated rings. The van der Waals surface area contributed by atoms with Gasteiger partial charge in [0.1, 0.15) is 11.5 Å². The Morgan fingerprint density at radius 1 is 0.862 bits per heavy atom. The van der Waals surface area contributed by atoms with Gasteiger partial charge < -0.3 is 4.74 Å². The van der Waals surface area contributed by atoms with Gasteiger partial charge in [0.15, 0.2) is 5.78 Å². The Bertz CT molecular complexity index is 1260. The van der Waals surface area contributed by atoms with Crippen LogP contribution >= 0.6 is 12.4 Å². The molecule has 3 aromatic rings. The summed E-state index contributed by atoms with van der Waals surface area (Å²) in [6, 6.07) is 20.3. The van der Waals surface area contributed by atoms with E-state index < -0.39 is 0 Å². The first kappa shape index (κ1) is 19.0. The fraction of sp³-hybridized carbons (Fsp3) is 0.0385. The minimum Gasteiger partial charge on any atom is -0.456 e. The van der Waals surface area contributed by atoms with Crippen molar-refractivity contribution in [3.8, 4) is 5.75 Å². The smallest absolute Gasteiger partial charge is 0.186 e. The van der Waals surface area contributed by atoms with Crippen LogP contribution in [-0.4, -0.2) is 5.78 Å². The fourth-order valence-corrected chi connectivity index (χ4v) is 3.77. The maximum atomic E-state index is 12.5. The van der Waals surface area contributed by atoms with E-state index in [-0.39, 0.29) is 18.2 Å². The second kappa shape index (κ2) is 7.57. The van der Waals surface area contributed by atoms with Crippen molar-refractivity contribution < 1.29 is 9.53 Å². The largest absolute Gasteiger partial charge is 0.456 e. The zero-order valence-corrected chi connectivity index (χ0v) is 16.7. The molecule has 0 radical (unpaired) electrons. The summed E-state index contributed by atoms with van der Waals surface area (Å²) >= 11 is 0. The quantitative estimate of drug-likeness (QED) is 0.430. The summed E-state index contributed by atoms with van der Waals surface area (Å²) in [5.74, 6) is 1.61. The van der Waals surface area contributed by atoms with E-state index in [1.807, 2.05) is 67.6 Å². The lowest BCUT2D eigenvalue weighted by atomic mass is 9.90. The van der Waals surface area contributed by atoms with Crippen LogP contribution in [0.3, 0.4) is 0 Å². The molecule has 0 N–H and O–H groups in total. The molecule has 3 aromatic carbocycles. The minimum atomic E-state index is 0. The third kappa shape index (κ3) is 3.32. The number of ketones is 1. The van der Waals surface area contributed by atoms with E-state index in [1.165, 1.54) is 10.8 Å². The summed E-state index contributed by atoms with van der Waals surface area (Å²) in [5, 5.41) is 2.37. The summed E-state index contributed by atoms with van der Waals surface area (Å²) < 4.78 is 6.19. The molecule has 0 atom stereocenters. The van der Waals surface area contributed by atoms with Gasteiger partial charge in [-0.2, -0.15) is 0 Å². The Kier molecular flexibility index (Phi) is 4.96. The highest BCUT2D eigenvalue weighted by Gasteiger charge is 2.18. The van der Waals surface area contributed by atoms with Gasteiger partial charge in [-0.25, -0.2) is 0 Å². The number of hydrogen-bond donors (Lipinski definition) is 0. The molecule has 1 aliphatic heterocycles.